The van der Waals surface area contributed by atoms with Crippen LogP contribution in [0, 0.1) is 11.3 Å². The number of nitriles is 1. The van der Waals surface area contributed by atoms with Crippen molar-refractivity contribution in [3.8, 4) is 11.8 Å². The lowest BCUT2D eigenvalue weighted by Gasteiger charge is -2.23. The van der Waals surface area contributed by atoms with Crippen LogP contribution in [0.15, 0.2) is 53.5 Å². The van der Waals surface area contributed by atoms with Gasteiger partial charge in [0.15, 0.2) is 5.96 Å². The van der Waals surface area contributed by atoms with Crippen LogP contribution >= 0.6 is 24.0 Å². The topological polar surface area (TPSA) is 60.7 Å². The number of methoxy groups -OCH3 is 1. The van der Waals surface area contributed by atoms with Crippen LogP contribution in [0.2, 0.25) is 0 Å². The highest BCUT2D eigenvalue weighted by atomic mass is 127. The molecule has 2 aromatic rings. The van der Waals surface area contributed by atoms with Gasteiger partial charge in [-0.15, -0.1) is 24.0 Å². The van der Waals surface area contributed by atoms with Gasteiger partial charge in [0.1, 0.15) is 5.75 Å². The van der Waals surface area contributed by atoms with Crippen LogP contribution < -0.4 is 10.1 Å². The summed E-state index contributed by atoms with van der Waals surface area (Å²) in [5, 5.41) is 12.3. The van der Waals surface area contributed by atoms with Gasteiger partial charge in [-0.2, -0.15) is 5.26 Å². The number of guanidine groups is 1. The molecule has 0 fully saturated rings. The number of rotatable bonds is 5. The lowest BCUT2D eigenvalue weighted by Crippen LogP contribution is -2.38. The Morgan fingerprint density at radius 2 is 2.00 bits per heavy atom. The zero-order valence-corrected chi connectivity index (χ0v) is 17.0. The van der Waals surface area contributed by atoms with Crippen molar-refractivity contribution < 1.29 is 4.74 Å². The number of nitrogens with zero attached hydrogens (tertiary/aromatic N) is 3. The van der Waals surface area contributed by atoms with Gasteiger partial charge in [-0.1, -0.05) is 30.3 Å². The zero-order valence-electron chi connectivity index (χ0n) is 14.7. The number of halogens is 1. The molecular formula is C19H23IN4O. The fraction of sp³-hybridized carbons (Fsp3) is 0.263. The minimum atomic E-state index is 0. The van der Waals surface area contributed by atoms with Gasteiger partial charge < -0.3 is 15.0 Å². The van der Waals surface area contributed by atoms with Crippen molar-refractivity contribution in [3.05, 3.63) is 65.2 Å². The summed E-state index contributed by atoms with van der Waals surface area (Å²) in [5.74, 6) is 1.64. The average Bonchev–Trinajstić information content (AvgIpc) is 2.63. The van der Waals surface area contributed by atoms with Gasteiger partial charge >= 0.3 is 0 Å². The summed E-state index contributed by atoms with van der Waals surface area (Å²) in [6, 6.07) is 17.6. The minimum absolute atomic E-state index is 0. The smallest absolute Gasteiger partial charge is 0.193 e. The van der Waals surface area contributed by atoms with E-state index in [0.29, 0.717) is 18.7 Å². The molecule has 0 aromatic heterocycles. The fourth-order valence-electron chi connectivity index (χ4n) is 2.48. The van der Waals surface area contributed by atoms with Crippen molar-refractivity contribution in [2.24, 2.45) is 4.99 Å². The van der Waals surface area contributed by atoms with E-state index in [2.05, 4.69) is 16.4 Å². The molecule has 0 aliphatic carbocycles. The number of benzene rings is 2. The van der Waals surface area contributed by atoms with Crippen LogP contribution in [0.3, 0.4) is 0 Å². The summed E-state index contributed by atoms with van der Waals surface area (Å²) in [7, 11) is 5.41. The van der Waals surface area contributed by atoms with Gasteiger partial charge in [0.05, 0.1) is 18.7 Å². The molecule has 5 nitrogen and oxygen atoms in total. The first-order valence-electron chi connectivity index (χ1n) is 7.70. The summed E-state index contributed by atoms with van der Waals surface area (Å²) in [6.45, 7) is 1.29. The highest BCUT2D eigenvalue weighted by Crippen LogP contribution is 2.18. The van der Waals surface area contributed by atoms with Crippen LogP contribution in [-0.2, 0) is 13.1 Å². The first-order valence-corrected chi connectivity index (χ1v) is 7.70. The molecule has 0 atom stereocenters. The van der Waals surface area contributed by atoms with Gasteiger partial charge in [0.25, 0.3) is 0 Å². The summed E-state index contributed by atoms with van der Waals surface area (Å²) in [4.78, 5) is 6.36. The Kier molecular flexibility index (Phi) is 8.78. The molecule has 0 saturated carbocycles. The average molecular weight is 450 g/mol. The third-order valence-electron chi connectivity index (χ3n) is 3.68. The Hall–Kier alpha value is -2.27. The Bertz CT molecular complexity index is 755. The molecule has 25 heavy (non-hydrogen) atoms. The second kappa shape index (κ2) is 10.6. The lowest BCUT2D eigenvalue weighted by molar-refractivity contribution is 0.396. The van der Waals surface area contributed by atoms with Crippen LogP contribution in [0.25, 0.3) is 0 Å². The SMILES string of the molecule is CN=C(NCc1cccc(C#N)c1)N(C)Cc1ccccc1OC.I. The van der Waals surface area contributed by atoms with E-state index in [1.165, 1.54) is 0 Å². The molecule has 1 N–H and O–H groups in total. The second-order valence-electron chi connectivity index (χ2n) is 5.38. The van der Waals surface area contributed by atoms with Crippen molar-refractivity contribution in [3.63, 3.8) is 0 Å². The molecule has 132 valence electrons. The normalized spacial score (nSPS) is 10.4. The Morgan fingerprint density at radius 3 is 2.68 bits per heavy atom. The van der Waals surface area contributed by atoms with E-state index in [-0.39, 0.29) is 24.0 Å². The maximum atomic E-state index is 8.97. The van der Waals surface area contributed by atoms with Crippen LogP contribution in [-0.4, -0.2) is 32.1 Å². The molecule has 2 rings (SSSR count). The zero-order chi connectivity index (χ0) is 17.4. The number of nitrogens with one attached hydrogen (secondary N) is 1. The lowest BCUT2D eigenvalue weighted by atomic mass is 10.1. The Balaban J connectivity index is 0.00000312. The first kappa shape index (κ1) is 20.8. The van der Waals surface area contributed by atoms with Crippen molar-refractivity contribution >= 4 is 29.9 Å². The van der Waals surface area contributed by atoms with E-state index in [1.54, 1.807) is 20.2 Å². The van der Waals surface area contributed by atoms with Crippen LogP contribution in [0.1, 0.15) is 16.7 Å². The van der Waals surface area contributed by atoms with Crippen molar-refractivity contribution in [1.29, 1.82) is 5.26 Å². The Labute approximate surface area is 166 Å². The van der Waals surface area contributed by atoms with Crippen molar-refractivity contribution in [1.82, 2.24) is 10.2 Å². The van der Waals surface area contributed by atoms with E-state index >= 15 is 0 Å². The molecule has 0 bridgehead atoms. The highest BCUT2D eigenvalue weighted by Gasteiger charge is 2.09. The van der Waals surface area contributed by atoms with Gasteiger partial charge in [-0.05, 0) is 23.8 Å². The molecule has 0 aliphatic heterocycles. The van der Waals surface area contributed by atoms with Gasteiger partial charge in [-0.3, -0.25) is 4.99 Å². The first-order chi connectivity index (χ1) is 11.7. The molecule has 0 amide bonds. The number of aliphatic imine (C=N–C) groups is 1. The molecule has 0 spiro atoms. The molecule has 0 aliphatic rings. The largest absolute Gasteiger partial charge is 0.496 e. The van der Waals surface area contributed by atoms with Crippen molar-refractivity contribution in [2.45, 2.75) is 13.1 Å². The fourth-order valence-corrected chi connectivity index (χ4v) is 2.48. The molecule has 2 aromatic carbocycles. The predicted octanol–water partition coefficient (Wildman–Crippen LogP) is 3.39. The Morgan fingerprint density at radius 1 is 1.24 bits per heavy atom. The van der Waals surface area contributed by atoms with Gasteiger partial charge in [0, 0.05) is 32.7 Å². The summed E-state index contributed by atoms with van der Waals surface area (Å²) >= 11 is 0. The second-order valence-corrected chi connectivity index (χ2v) is 5.38. The quantitative estimate of drug-likeness (QED) is 0.431. The molecule has 0 radical (unpaired) electrons. The molecule has 6 heteroatoms. The minimum Gasteiger partial charge on any atom is -0.496 e. The van der Waals surface area contributed by atoms with Crippen LogP contribution in [0.5, 0.6) is 5.75 Å². The van der Waals surface area contributed by atoms with E-state index in [1.807, 2.05) is 54.4 Å². The highest BCUT2D eigenvalue weighted by molar-refractivity contribution is 14.0. The van der Waals surface area contributed by atoms with E-state index < -0.39 is 0 Å². The predicted molar refractivity (Wildman–Crippen MR) is 111 cm³/mol. The summed E-state index contributed by atoms with van der Waals surface area (Å²) in [6.07, 6.45) is 0. The molecule has 0 heterocycles. The summed E-state index contributed by atoms with van der Waals surface area (Å²) in [5.41, 5.74) is 2.80. The van der Waals surface area contributed by atoms with Crippen LogP contribution in [0.4, 0.5) is 0 Å². The number of ether oxygens (including phenoxy) is 1. The third kappa shape index (κ3) is 5.94. The number of hydrogen-bond donors (Lipinski definition) is 1. The van der Waals surface area contributed by atoms with Gasteiger partial charge in [-0.25, -0.2) is 0 Å². The van der Waals surface area contributed by atoms with Gasteiger partial charge in [0.2, 0.25) is 0 Å². The maximum Gasteiger partial charge on any atom is 0.193 e. The summed E-state index contributed by atoms with van der Waals surface area (Å²) < 4.78 is 5.40. The molecular weight excluding hydrogens is 427 g/mol. The monoisotopic (exact) mass is 450 g/mol. The number of hydrogen-bond acceptors (Lipinski definition) is 3. The maximum absolute atomic E-state index is 8.97. The standard InChI is InChI=1S/C19H22N4O.HI/c1-21-19(22-13-16-8-6-7-15(11-16)12-20)23(2)14-17-9-4-5-10-18(17)24-3;/h4-11H,13-14H2,1-3H3,(H,21,22);1H. The van der Waals surface area contributed by atoms with E-state index in [9.17, 15) is 0 Å². The van der Waals surface area contributed by atoms with E-state index in [0.717, 1.165) is 22.8 Å². The number of para-hydroxylation sites is 1. The third-order valence-corrected chi connectivity index (χ3v) is 3.68. The van der Waals surface area contributed by atoms with E-state index in [4.69, 9.17) is 10.00 Å². The van der Waals surface area contributed by atoms with Crippen molar-refractivity contribution in [2.75, 3.05) is 21.2 Å². The molecule has 0 unspecified atom stereocenters. The molecule has 0 saturated heterocycles.